The number of carbonyl (C=O) groups is 1. The molecule has 4 saturated carbocycles. The molecule has 0 aromatic heterocycles. The Morgan fingerprint density at radius 3 is 2.14 bits per heavy atom. The molecule has 4 fully saturated rings. The van der Waals surface area contributed by atoms with Gasteiger partial charge in [-0.2, -0.15) is 0 Å². The fraction of sp³-hybridized carbons (Fsp3) is 0.850. The molecule has 0 aliphatic heterocycles. The Hall–Kier alpha value is -0.790. The first kappa shape index (κ1) is 16.1. The van der Waals surface area contributed by atoms with Crippen molar-refractivity contribution < 1.29 is 9.53 Å². The minimum Gasteiger partial charge on any atom is -0.455 e. The number of hydrogen-bond donors (Lipinski definition) is 0. The molecule has 22 heavy (non-hydrogen) atoms. The average molecular weight is 304 g/mol. The van der Waals surface area contributed by atoms with Gasteiger partial charge in [0.05, 0.1) is 0 Å². The maximum Gasteiger partial charge on any atom is 0.333 e. The molecule has 0 saturated heterocycles. The van der Waals surface area contributed by atoms with Gasteiger partial charge in [-0.3, -0.25) is 0 Å². The van der Waals surface area contributed by atoms with E-state index in [1.807, 2.05) is 0 Å². The SMILES string of the molecule is C=C(C)C(=O)OC(C)(CC)C12CC3CC(C)(CC(C)(C3)C1)C2. The van der Waals surface area contributed by atoms with E-state index in [-0.39, 0.29) is 17.0 Å². The first-order valence-corrected chi connectivity index (χ1v) is 8.93. The quantitative estimate of drug-likeness (QED) is 0.522. The van der Waals surface area contributed by atoms with Gasteiger partial charge < -0.3 is 4.74 Å². The summed E-state index contributed by atoms with van der Waals surface area (Å²) < 4.78 is 6.08. The molecule has 124 valence electrons. The van der Waals surface area contributed by atoms with Crippen LogP contribution in [0.15, 0.2) is 12.2 Å². The van der Waals surface area contributed by atoms with Gasteiger partial charge in [-0.25, -0.2) is 4.79 Å². The van der Waals surface area contributed by atoms with Crippen molar-refractivity contribution in [1.82, 2.24) is 0 Å². The molecule has 0 aromatic carbocycles. The van der Waals surface area contributed by atoms with Crippen LogP contribution in [0.5, 0.6) is 0 Å². The predicted molar refractivity (Wildman–Crippen MR) is 89.4 cm³/mol. The van der Waals surface area contributed by atoms with Crippen molar-refractivity contribution in [2.75, 3.05) is 0 Å². The molecule has 4 bridgehead atoms. The topological polar surface area (TPSA) is 26.3 Å². The molecule has 0 spiro atoms. The van der Waals surface area contributed by atoms with E-state index in [2.05, 4.69) is 34.3 Å². The predicted octanol–water partition coefficient (Wildman–Crippen LogP) is 5.27. The molecule has 0 N–H and O–H groups in total. The molecule has 2 heteroatoms. The van der Waals surface area contributed by atoms with E-state index >= 15 is 0 Å². The third-order valence-corrected chi connectivity index (χ3v) is 7.09. The Morgan fingerprint density at radius 2 is 1.73 bits per heavy atom. The van der Waals surface area contributed by atoms with Crippen molar-refractivity contribution in [2.45, 2.75) is 85.2 Å². The van der Waals surface area contributed by atoms with Crippen LogP contribution in [-0.2, 0) is 9.53 Å². The highest BCUT2D eigenvalue weighted by atomic mass is 16.6. The minimum atomic E-state index is -0.356. The van der Waals surface area contributed by atoms with Crippen LogP contribution in [0.3, 0.4) is 0 Å². The van der Waals surface area contributed by atoms with Gasteiger partial charge in [0.2, 0.25) is 0 Å². The Bertz CT molecular complexity index is 502. The van der Waals surface area contributed by atoms with Crippen molar-refractivity contribution >= 4 is 5.97 Å². The molecule has 2 nitrogen and oxygen atoms in total. The van der Waals surface area contributed by atoms with Crippen LogP contribution >= 0.6 is 0 Å². The summed E-state index contributed by atoms with van der Waals surface area (Å²) in [7, 11) is 0. The van der Waals surface area contributed by atoms with Gasteiger partial charge in [0.1, 0.15) is 5.60 Å². The lowest BCUT2D eigenvalue weighted by molar-refractivity contribution is -0.232. The summed E-state index contributed by atoms with van der Waals surface area (Å²) in [6.07, 6.45) is 8.68. The molecule has 0 heterocycles. The van der Waals surface area contributed by atoms with Crippen molar-refractivity contribution in [3.8, 4) is 0 Å². The van der Waals surface area contributed by atoms with E-state index in [1.54, 1.807) is 6.92 Å². The standard InChI is InChI=1S/C20H32O2/c1-7-19(6,22-16(21)14(2)3)20-10-15-8-17(4,12-20)11-18(5,9-15)13-20/h15H,2,7-13H2,1,3-6H3. The fourth-order valence-corrected chi connectivity index (χ4v) is 6.88. The number of carbonyl (C=O) groups excluding carboxylic acids is 1. The minimum absolute atomic E-state index is 0.162. The molecule has 0 aromatic rings. The zero-order valence-corrected chi connectivity index (χ0v) is 15.1. The van der Waals surface area contributed by atoms with E-state index in [1.165, 1.54) is 38.5 Å². The second kappa shape index (κ2) is 4.61. The molecule has 4 rings (SSSR count). The zero-order chi connectivity index (χ0) is 16.4. The Kier molecular flexibility index (Phi) is 3.37. The second-order valence-electron chi connectivity index (χ2n) is 9.66. The van der Waals surface area contributed by atoms with Crippen molar-refractivity contribution in [1.29, 1.82) is 0 Å². The number of hydrogen-bond acceptors (Lipinski definition) is 2. The van der Waals surface area contributed by atoms with Crippen LogP contribution in [0.2, 0.25) is 0 Å². The second-order valence-corrected chi connectivity index (χ2v) is 9.66. The van der Waals surface area contributed by atoms with Crippen LogP contribution < -0.4 is 0 Å². The summed E-state index contributed by atoms with van der Waals surface area (Å²) in [5, 5.41) is 0. The van der Waals surface area contributed by atoms with Gasteiger partial charge >= 0.3 is 5.97 Å². The van der Waals surface area contributed by atoms with Gasteiger partial charge in [-0.1, -0.05) is 27.4 Å². The maximum absolute atomic E-state index is 12.2. The van der Waals surface area contributed by atoms with Crippen molar-refractivity contribution in [3.63, 3.8) is 0 Å². The van der Waals surface area contributed by atoms with E-state index < -0.39 is 0 Å². The lowest BCUT2D eigenvalue weighted by atomic mass is 9.37. The lowest BCUT2D eigenvalue weighted by Crippen LogP contribution is -2.63. The highest BCUT2D eigenvalue weighted by Gasteiger charge is 2.66. The monoisotopic (exact) mass is 304 g/mol. The lowest BCUT2D eigenvalue weighted by Gasteiger charge is -2.69. The summed E-state index contributed by atoms with van der Waals surface area (Å²) in [5.41, 5.74) is 1.21. The van der Waals surface area contributed by atoms with Crippen LogP contribution in [0.25, 0.3) is 0 Å². The first-order chi connectivity index (χ1) is 10.0. The number of rotatable bonds is 4. The highest BCUT2D eigenvalue weighted by Crippen LogP contribution is 2.72. The van der Waals surface area contributed by atoms with Crippen LogP contribution in [0.4, 0.5) is 0 Å². The third-order valence-electron chi connectivity index (χ3n) is 7.09. The first-order valence-electron chi connectivity index (χ1n) is 8.93. The smallest absolute Gasteiger partial charge is 0.333 e. The normalized spacial score (nSPS) is 45.4. The van der Waals surface area contributed by atoms with Crippen LogP contribution in [0.1, 0.15) is 79.6 Å². The Morgan fingerprint density at radius 1 is 1.18 bits per heavy atom. The number of esters is 1. The third kappa shape index (κ3) is 2.25. The summed E-state index contributed by atoms with van der Waals surface area (Å²) in [4.78, 5) is 12.2. The summed E-state index contributed by atoms with van der Waals surface area (Å²) in [5.74, 6) is 0.607. The highest BCUT2D eigenvalue weighted by molar-refractivity contribution is 5.87. The summed E-state index contributed by atoms with van der Waals surface area (Å²) in [6, 6.07) is 0. The Labute approximate surface area is 135 Å². The molecule has 4 aliphatic carbocycles. The van der Waals surface area contributed by atoms with E-state index in [0.29, 0.717) is 16.4 Å². The zero-order valence-electron chi connectivity index (χ0n) is 15.1. The molecule has 0 amide bonds. The maximum atomic E-state index is 12.2. The van der Waals surface area contributed by atoms with E-state index in [0.717, 1.165) is 12.3 Å². The average Bonchev–Trinajstić information content (AvgIpc) is 2.33. The summed E-state index contributed by atoms with van der Waals surface area (Å²) in [6.45, 7) is 14.8. The molecule has 3 unspecified atom stereocenters. The Balaban J connectivity index is 1.97. The van der Waals surface area contributed by atoms with Gasteiger partial charge in [-0.15, -0.1) is 0 Å². The fourth-order valence-electron chi connectivity index (χ4n) is 6.88. The van der Waals surface area contributed by atoms with Crippen LogP contribution in [0, 0.1) is 22.2 Å². The summed E-state index contributed by atoms with van der Waals surface area (Å²) >= 11 is 0. The number of ether oxygens (including phenoxy) is 1. The van der Waals surface area contributed by atoms with Gasteiger partial charge in [0.25, 0.3) is 0 Å². The van der Waals surface area contributed by atoms with Gasteiger partial charge in [0, 0.05) is 11.0 Å². The van der Waals surface area contributed by atoms with Crippen LogP contribution in [-0.4, -0.2) is 11.6 Å². The molecule has 0 radical (unpaired) electrons. The molecule has 3 atom stereocenters. The molecular weight excluding hydrogens is 272 g/mol. The van der Waals surface area contributed by atoms with E-state index in [9.17, 15) is 4.79 Å². The molecule has 4 aliphatic rings. The molecular formula is C20H32O2. The van der Waals surface area contributed by atoms with E-state index in [4.69, 9.17) is 4.74 Å². The van der Waals surface area contributed by atoms with Crippen molar-refractivity contribution in [3.05, 3.63) is 12.2 Å². The van der Waals surface area contributed by atoms with Gasteiger partial charge in [0.15, 0.2) is 0 Å². The van der Waals surface area contributed by atoms with Crippen molar-refractivity contribution in [2.24, 2.45) is 22.2 Å². The largest absolute Gasteiger partial charge is 0.455 e. The van der Waals surface area contributed by atoms with Gasteiger partial charge in [-0.05, 0) is 75.5 Å².